The van der Waals surface area contributed by atoms with Crippen molar-refractivity contribution in [2.75, 3.05) is 0 Å². The number of aliphatic hydroxyl groups is 1. The summed E-state index contributed by atoms with van der Waals surface area (Å²) in [6.07, 6.45) is -3.25. The summed E-state index contributed by atoms with van der Waals surface area (Å²) in [5.74, 6) is -6.64. The van der Waals surface area contributed by atoms with Gasteiger partial charge in [-0.05, 0) is 18.9 Å². The van der Waals surface area contributed by atoms with Gasteiger partial charge in [0.15, 0.2) is 6.29 Å². The molecular weight excluding hydrogens is 379 g/mol. The maximum atomic E-state index is 13.5. The molecule has 28 heavy (non-hydrogen) atoms. The van der Waals surface area contributed by atoms with Crippen molar-refractivity contribution in [3.05, 3.63) is 29.3 Å². The van der Waals surface area contributed by atoms with Crippen molar-refractivity contribution in [3.8, 4) is 5.75 Å². The van der Waals surface area contributed by atoms with Crippen LogP contribution in [-0.2, 0) is 25.5 Å². The Balaban J connectivity index is 2.15. The number of amides is 1. The average molecular weight is 401 g/mol. The molecule has 0 saturated heterocycles. The summed E-state index contributed by atoms with van der Waals surface area (Å²) in [6.45, 7) is 3.77. The van der Waals surface area contributed by atoms with Gasteiger partial charge in [0.2, 0.25) is 6.29 Å². The zero-order valence-corrected chi connectivity index (χ0v) is 15.6. The number of rotatable bonds is 7. The van der Waals surface area contributed by atoms with Crippen molar-refractivity contribution in [1.82, 2.24) is 5.32 Å². The van der Waals surface area contributed by atoms with Crippen LogP contribution in [0.25, 0.3) is 0 Å². The molecule has 0 fully saturated rings. The van der Waals surface area contributed by atoms with E-state index in [1.165, 1.54) is 26.8 Å². The number of fused-ring (bicyclic) bond motifs is 1. The molecule has 3 atom stereocenters. The maximum absolute atomic E-state index is 13.5. The summed E-state index contributed by atoms with van der Waals surface area (Å²) >= 11 is 0. The SMILES string of the molecule is CCC(F)(F)C(=O)N[C@H]1Cc2cccc(C(O)OC(C)OC(C)=O)c2OB1O. The van der Waals surface area contributed by atoms with Gasteiger partial charge in [0, 0.05) is 18.9 Å². The third-order valence-corrected chi connectivity index (χ3v) is 4.16. The van der Waals surface area contributed by atoms with Gasteiger partial charge in [-0.1, -0.05) is 25.1 Å². The lowest BCUT2D eigenvalue weighted by Crippen LogP contribution is -2.56. The molecule has 1 aliphatic heterocycles. The molecule has 154 valence electrons. The minimum Gasteiger partial charge on any atom is -0.534 e. The Bertz CT molecular complexity index is 733. The highest BCUT2D eigenvalue weighted by Crippen LogP contribution is 2.35. The van der Waals surface area contributed by atoms with E-state index in [2.05, 4.69) is 5.32 Å². The molecule has 2 unspecified atom stereocenters. The van der Waals surface area contributed by atoms with Crippen LogP contribution in [0.5, 0.6) is 5.75 Å². The molecule has 0 aliphatic carbocycles. The van der Waals surface area contributed by atoms with Crippen LogP contribution in [0.3, 0.4) is 0 Å². The Kier molecular flexibility index (Phi) is 6.97. The van der Waals surface area contributed by atoms with Gasteiger partial charge in [-0.15, -0.1) is 0 Å². The Morgan fingerprint density at radius 2 is 2.14 bits per heavy atom. The third-order valence-electron chi connectivity index (χ3n) is 4.16. The van der Waals surface area contributed by atoms with Gasteiger partial charge in [0.05, 0.1) is 5.94 Å². The zero-order chi connectivity index (χ0) is 21.1. The number of alkyl halides is 2. The summed E-state index contributed by atoms with van der Waals surface area (Å²) in [4.78, 5) is 22.6. The normalized spacial score (nSPS) is 18.5. The monoisotopic (exact) mass is 401 g/mol. The molecule has 11 heteroatoms. The molecule has 1 aromatic carbocycles. The van der Waals surface area contributed by atoms with Crippen LogP contribution in [0.15, 0.2) is 18.2 Å². The number of halogens is 2. The smallest absolute Gasteiger partial charge is 0.534 e. The molecule has 0 bridgehead atoms. The third kappa shape index (κ3) is 5.18. The van der Waals surface area contributed by atoms with E-state index in [9.17, 15) is 28.5 Å². The fraction of sp³-hybridized carbons (Fsp3) is 0.529. The van der Waals surface area contributed by atoms with Gasteiger partial charge in [-0.3, -0.25) is 9.59 Å². The number of aliphatic hydroxyl groups excluding tert-OH is 1. The molecule has 3 N–H and O–H groups in total. The van der Waals surface area contributed by atoms with E-state index >= 15 is 0 Å². The largest absolute Gasteiger partial charge is 0.547 e. The van der Waals surface area contributed by atoms with E-state index in [-0.39, 0.29) is 17.7 Å². The zero-order valence-electron chi connectivity index (χ0n) is 15.6. The number of hydrogen-bond acceptors (Lipinski definition) is 7. The molecule has 1 heterocycles. The molecule has 1 aromatic rings. The predicted molar refractivity (Wildman–Crippen MR) is 93.2 cm³/mol. The molecule has 0 spiro atoms. The molecule has 0 saturated carbocycles. The number of para-hydroxylation sites is 1. The fourth-order valence-electron chi connectivity index (χ4n) is 2.72. The summed E-state index contributed by atoms with van der Waals surface area (Å²) in [5.41, 5.74) is 0.620. The van der Waals surface area contributed by atoms with Crippen molar-refractivity contribution in [1.29, 1.82) is 0 Å². The minimum absolute atomic E-state index is 0.00208. The molecule has 0 radical (unpaired) electrons. The van der Waals surface area contributed by atoms with Gasteiger partial charge in [-0.2, -0.15) is 8.78 Å². The number of esters is 1. The Hall–Kier alpha value is -2.24. The Morgan fingerprint density at radius 1 is 1.46 bits per heavy atom. The number of carbonyl (C=O) groups excluding carboxylic acids is 2. The van der Waals surface area contributed by atoms with Crippen molar-refractivity contribution in [2.45, 2.75) is 58.1 Å². The quantitative estimate of drug-likeness (QED) is 0.356. The summed E-state index contributed by atoms with van der Waals surface area (Å²) in [7, 11) is -1.61. The topological polar surface area (TPSA) is 114 Å². The number of ether oxygens (including phenoxy) is 2. The van der Waals surface area contributed by atoms with Gasteiger partial charge in [0.1, 0.15) is 5.75 Å². The lowest BCUT2D eigenvalue weighted by atomic mass is 9.72. The van der Waals surface area contributed by atoms with Crippen LogP contribution < -0.4 is 9.97 Å². The van der Waals surface area contributed by atoms with Crippen molar-refractivity contribution >= 4 is 19.0 Å². The van der Waals surface area contributed by atoms with E-state index in [4.69, 9.17) is 14.1 Å². The van der Waals surface area contributed by atoms with Gasteiger partial charge >= 0.3 is 19.0 Å². The molecule has 8 nitrogen and oxygen atoms in total. The molecule has 0 aromatic heterocycles. The van der Waals surface area contributed by atoms with Crippen LogP contribution >= 0.6 is 0 Å². The first kappa shape index (κ1) is 22.1. The summed E-state index contributed by atoms with van der Waals surface area (Å²) in [5, 5.41) is 22.5. The summed E-state index contributed by atoms with van der Waals surface area (Å²) < 4.78 is 42.3. The molecule has 2 rings (SSSR count). The number of hydrogen-bond donors (Lipinski definition) is 3. The van der Waals surface area contributed by atoms with E-state index in [0.29, 0.717) is 5.56 Å². The first-order valence-corrected chi connectivity index (χ1v) is 8.71. The van der Waals surface area contributed by atoms with Crippen molar-refractivity contribution in [3.63, 3.8) is 0 Å². The van der Waals surface area contributed by atoms with E-state index < -0.39 is 49.9 Å². The number of benzene rings is 1. The minimum atomic E-state index is -3.56. The second kappa shape index (κ2) is 8.85. The van der Waals surface area contributed by atoms with Gasteiger partial charge in [0.25, 0.3) is 5.91 Å². The molecule has 1 amide bonds. The van der Waals surface area contributed by atoms with E-state index in [1.54, 1.807) is 12.1 Å². The first-order valence-electron chi connectivity index (χ1n) is 8.71. The van der Waals surface area contributed by atoms with Crippen LogP contribution in [-0.4, -0.2) is 47.3 Å². The van der Waals surface area contributed by atoms with Crippen LogP contribution in [0.1, 0.15) is 44.6 Å². The second-order valence-electron chi connectivity index (χ2n) is 6.35. The van der Waals surface area contributed by atoms with Crippen LogP contribution in [0, 0.1) is 0 Å². The number of nitrogens with one attached hydrogen (secondary N) is 1. The molecular formula is C17H22BF2NO7. The highest BCUT2D eigenvalue weighted by atomic mass is 19.3. The van der Waals surface area contributed by atoms with Crippen molar-refractivity contribution < 1.29 is 42.6 Å². The summed E-state index contributed by atoms with van der Waals surface area (Å²) in [6, 6.07) is 4.64. The maximum Gasteiger partial charge on any atom is 0.547 e. The fourth-order valence-corrected chi connectivity index (χ4v) is 2.72. The van der Waals surface area contributed by atoms with Crippen molar-refractivity contribution in [2.24, 2.45) is 0 Å². The average Bonchev–Trinajstić information content (AvgIpc) is 2.60. The predicted octanol–water partition coefficient (Wildman–Crippen LogP) is 1.09. The highest BCUT2D eigenvalue weighted by Gasteiger charge is 2.43. The lowest BCUT2D eigenvalue weighted by molar-refractivity contribution is -0.222. The lowest BCUT2D eigenvalue weighted by Gasteiger charge is -2.31. The standard InChI is InChI=1S/C17H22BF2NO7/c1-4-17(19,20)16(24)21-13-8-11-6-5-7-12(14(11)28-18(13)25)15(23)27-10(3)26-9(2)22/h5-7,10,13,15,23,25H,4,8H2,1-3H3,(H,21,24)/t10?,13-,15?/m0/s1. The Morgan fingerprint density at radius 3 is 2.75 bits per heavy atom. The van der Waals surface area contributed by atoms with E-state index in [1.807, 2.05) is 0 Å². The molecule has 1 aliphatic rings. The Labute approximate surface area is 160 Å². The van der Waals surface area contributed by atoms with Crippen LogP contribution in [0.2, 0.25) is 0 Å². The van der Waals surface area contributed by atoms with Gasteiger partial charge < -0.3 is 29.6 Å². The highest BCUT2D eigenvalue weighted by molar-refractivity contribution is 6.46. The number of carbonyl (C=O) groups is 2. The first-order chi connectivity index (χ1) is 13.0. The van der Waals surface area contributed by atoms with Crippen LogP contribution in [0.4, 0.5) is 8.78 Å². The van der Waals surface area contributed by atoms with E-state index in [0.717, 1.165) is 0 Å². The second-order valence-corrected chi connectivity index (χ2v) is 6.35. The van der Waals surface area contributed by atoms with Gasteiger partial charge in [-0.25, -0.2) is 0 Å².